The zero-order valence-corrected chi connectivity index (χ0v) is 9.12. The molecule has 1 heterocycles. The van der Waals surface area contributed by atoms with Crippen molar-refractivity contribution in [3.8, 4) is 0 Å². The number of rotatable bonds is 2. The SMILES string of the molecule is O=C(O)C1(c2cc(Br)ccn2)CCC1. The van der Waals surface area contributed by atoms with E-state index in [1.165, 1.54) is 0 Å². The summed E-state index contributed by atoms with van der Waals surface area (Å²) in [4.78, 5) is 15.3. The molecule has 1 aliphatic carbocycles. The maximum absolute atomic E-state index is 11.2. The van der Waals surface area contributed by atoms with Crippen molar-refractivity contribution in [2.45, 2.75) is 24.7 Å². The van der Waals surface area contributed by atoms with Crippen LogP contribution in [0.2, 0.25) is 0 Å². The summed E-state index contributed by atoms with van der Waals surface area (Å²) in [5.74, 6) is -0.755. The Hall–Kier alpha value is -0.900. The van der Waals surface area contributed by atoms with Crippen molar-refractivity contribution in [3.05, 3.63) is 28.5 Å². The summed E-state index contributed by atoms with van der Waals surface area (Å²) < 4.78 is 0.884. The van der Waals surface area contributed by atoms with Crippen molar-refractivity contribution in [3.63, 3.8) is 0 Å². The van der Waals surface area contributed by atoms with Gasteiger partial charge in [-0.3, -0.25) is 9.78 Å². The summed E-state index contributed by atoms with van der Waals surface area (Å²) in [7, 11) is 0. The average molecular weight is 256 g/mol. The first-order chi connectivity index (χ1) is 6.65. The molecule has 0 radical (unpaired) electrons. The second-order valence-corrected chi connectivity index (χ2v) is 4.52. The predicted molar refractivity (Wildman–Crippen MR) is 55.1 cm³/mol. The van der Waals surface area contributed by atoms with E-state index in [1.54, 1.807) is 18.3 Å². The second-order valence-electron chi connectivity index (χ2n) is 3.60. The van der Waals surface area contributed by atoms with Crippen molar-refractivity contribution >= 4 is 21.9 Å². The largest absolute Gasteiger partial charge is 0.481 e. The fourth-order valence-corrected chi connectivity index (χ4v) is 2.11. The van der Waals surface area contributed by atoms with Crippen molar-refractivity contribution in [2.75, 3.05) is 0 Å². The van der Waals surface area contributed by atoms with E-state index in [4.69, 9.17) is 0 Å². The van der Waals surface area contributed by atoms with Gasteiger partial charge in [0.05, 0.1) is 5.69 Å². The molecule has 4 heteroatoms. The van der Waals surface area contributed by atoms with Crippen LogP contribution >= 0.6 is 15.9 Å². The molecule has 0 atom stereocenters. The van der Waals surface area contributed by atoms with Crippen molar-refractivity contribution in [2.24, 2.45) is 0 Å². The molecule has 1 aliphatic rings. The molecule has 1 saturated carbocycles. The van der Waals surface area contributed by atoms with Crippen LogP contribution in [0.3, 0.4) is 0 Å². The van der Waals surface area contributed by atoms with E-state index in [9.17, 15) is 9.90 Å². The Bertz CT molecular complexity index is 374. The van der Waals surface area contributed by atoms with E-state index in [-0.39, 0.29) is 0 Å². The van der Waals surface area contributed by atoms with Crippen LogP contribution in [0.25, 0.3) is 0 Å². The molecular weight excluding hydrogens is 246 g/mol. The lowest BCUT2D eigenvalue weighted by Gasteiger charge is -2.36. The fourth-order valence-electron chi connectivity index (χ4n) is 1.78. The number of halogens is 1. The van der Waals surface area contributed by atoms with Crippen LogP contribution in [-0.4, -0.2) is 16.1 Å². The summed E-state index contributed by atoms with van der Waals surface area (Å²) >= 11 is 3.32. The van der Waals surface area contributed by atoms with Gasteiger partial charge in [0.25, 0.3) is 0 Å². The molecule has 0 aromatic carbocycles. The number of pyridine rings is 1. The van der Waals surface area contributed by atoms with Crippen LogP contribution in [0.4, 0.5) is 0 Å². The molecule has 0 bridgehead atoms. The fraction of sp³-hybridized carbons (Fsp3) is 0.400. The smallest absolute Gasteiger partial charge is 0.315 e. The molecule has 0 aliphatic heterocycles. The maximum Gasteiger partial charge on any atom is 0.315 e. The minimum absolute atomic E-state index is 0.672. The first-order valence-corrected chi connectivity index (χ1v) is 5.30. The third-order valence-electron chi connectivity index (χ3n) is 2.83. The summed E-state index contributed by atoms with van der Waals surface area (Å²) in [6.45, 7) is 0. The number of hydrogen-bond donors (Lipinski definition) is 1. The van der Waals surface area contributed by atoms with Crippen LogP contribution in [0.1, 0.15) is 25.0 Å². The van der Waals surface area contributed by atoms with Crippen LogP contribution in [-0.2, 0) is 10.2 Å². The molecule has 0 spiro atoms. The predicted octanol–water partition coefficient (Wildman–Crippen LogP) is 2.35. The lowest BCUT2D eigenvalue weighted by molar-refractivity contribution is -0.147. The van der Waals surface area contributed by atoms with Gasteiger partial charge in [-0.05, 0) is 25.0 Å². The molecule has 0 saturated heterocycles. The molecule has 0 amide bonds. The maximum atomic E-state index is 11.2. The van der Waals surface area contributed by atoms with Crippen molar-refractivity contribution < 1.29 is 9.90 Å². The molecule has 1 N–H and O–H groups in total. The molecule has 74 valence electrons. The first kappa shape index (κ1) is 9.65. The van der Waals surface area contributed by atoms with Gasteiger partial charge in [-0.2, -0.15) is 0 Å². The third kappa shape index (κ3) is 1.34. The lowest BCUT2D eigenvalue weighted by atomic mass is 9.66. The molecule has 0 unspecified atom stereocenters. The van der Waals surface area contributed by atoms with Gasteiger partial charge in [0, 0.05) is 10.7 Å². The highest BCUT2D eigenvalue weighted by Crippen LogP contribution is 2.43. The number of aromatic nitrogens is 1. The van der Waals surface area contributed by atoms with Crippen LogP contribution in [0, 0.1) is 0 Å². The van der Waals surface area contributed by atoms with E-state index in [1.807, 2.05) is 0 Å². The normalized spacial score (nSPS) is 18.6. The molecule has 1 aromatic rings. The van der Waals surface area contributed by atoms with E-state index in [0.717, 1.165) is 10.9 Å². The molecule has 14 heavy (non-hydrogen) atoms. The quantitative estimate of drug-likeness (QED) is 0.883. The minimum Gasteiger partial charge on any atom is -0.481 e. The van der Waals surface area contributed by atoms with Crippen molar-refractivity contribution in [1.29, 1.82) is 0 Å². The summed E-state index contributed by atoms with van der Waals surface area (Å²) in [5, 5.41) is 9.17. The number of carboxylic acid groups (broad SMARTS) is 1. The number of carboxylic acids is 1. The van der Waals surface area contributed by atoms with Crippen LogP contribution in [0.5, 0.6) is 0 Å². The number of hydrogen-bond acceptors (Lipinski definition) is 2. The number of carbonyl (C=O) groups is 1. The summed E-state index contributed by atoms with van der Waals surface area (Å²) in [5.41, 5.74) is -0.0466. The Morgan fingerprint density at radius 2 is 2.29 bits per heavy atom. The second kappa shape index (κ2) is 3.35. The van der Waals surface area contributed by atoms with Crippen LogP contribution < -0.4 is 0 Å². The van der Waals surface area contributed by atoms with E-state index >= 15 is 0 Å². The van der Waals surface area contributed by atoms with Gasteiger partial charge in [0.2, 0.25) is 0 Å². The zero-order chi connectivity index (χ0) is 10.2. The minimum atomic E-state index is -0.755. The Kier molecular flexibility index (Phi) is 2.31. The average Bonchev–Trinajstić information content (AvgIpc) is 2.00. The molecule has 1 fully saturated rings. The zero-order valence-electron chi connectivity index (χ0n) is 7.53. The molecule has 2 rings (SSSR count). The Labute approximate surface area is 90.3 Å². The first-order valence-electron chi connectivity index (χ1n) is 4.50. The van der Waals surface area contributed by atoms with Gasteiger partial charge in [-0.25, -0.2) is 0 Å². The molecule has 1 aromatic heterocycles. The van der Waals surface area contributed by atoms with Gasteiger partial charge in [-0.1, -0.05) is 22.4 Å². The Morgan fingerprint density at radius 1 is 1.57 bits per heavy atom. The number of nitrogens with zero attached hydrogens (tertiary/aromatic N) is 1. The molecule has 3 nitrogen and oxygen atoms in total. The third-order valence-corrected chi connectivity index (χ3v) is 3.32. The van der Waals surface area contributed by atoms with E-state index in [0.29, 0.717) is 18.5 Å². The van der Waals surface area contributed by atoms with Crippen LogP contribution in [0.15, 0.2) is 22.8 Å². The van der Waals surface area contributed by atoms with Crippen molar-refractivity contribution in [1.82, 2.24) is 4.98 Å². The Morgan fingerprint density at radius 3 is 2.71 bits per heavy atom. The monoisotopic (exact) mass is 255 g/mol. The summed E-state index contributed by atoms with van der Waals surface area (Å²) in [6.07, 6.45) is 4.01. The standard InChI is InChI=1S/C10H10BrNO2/c11-7-2-5-12-8(6-7)10(9(13)14)3-1-4-10/h2,5-6H,1,3-4H2,(H,13,14). The summed E-state index contributed by atoms with van der Waals surface area (Å²) in [6, 6.07) is 3.60. The van der Waals surface area contributed by atoms with Gasteiger partial charge >= 0.3 is 5.97 Å². The van der Waals surface area contributed by atoms with E-state index in [2.05, 4.69) is 20.9 Å². The highest BCUT2D eigenvalue weighted by atomic mass is 79.9. The van der Waals surface area contributed by atoms with Gasteiger partial charge < -0.3 is 5.11 Å². The molecular formula is C10H10BrNO2. The highest BCUT2D eigenvalue weighted by molar-refractivity contribution is 9.10. The topological polar surface area (TPSA) is 50.2 Å². The van der Waals surface area contributed by atoms with Gasteiger partial charge in [0.1, 0.15) is 5.41 Å². The van der Waals surface area contributed by atoms with Gasteiger partial charge in [-0.15, -0.1) is 0 Å². The lowest BCUT2D eigenvalue weighted by Crippen LogP contribution is -2.43. The van der Waals surface area contributed by atoms with Gasteiger partial charge in [0.15, 0.2) is 0 Å². The number of aliphatic carboxylic acids is 1. The Balaban J connectivity index is 2.42. The highest BCUT2D eigenvalue weighted by Gasteiger charge is 2.47. The van der Waals surface area contributed by atoms with E-state index < -0.39 is 11.4 Å².